The molecule has 1 heterocycles. The molecule has 0 unspecified atom stereocenters. The van der Waals surface area contributed by atoms with Crippen LogP contribution in [0.1, 0.15) is 4.88 Å². The van der Waals surface area contributed by atoms with Crippen LogP contribution in [-0.4, -0.2) is 12.1 Å². The van der Waals surface area contributed by atoms with Gasteiger partial charge in [0.05, 0.1) is 18.9 Å². The Morgan fingerprint density at radius 2 is 2.67 bits per heavy atom. The number of thiazole rings is 1. The number of hydrogen-bond donors (Lipinski definition) is 0. The van der Waals surface area contributed by atoms with E-state index in [-0.39, 0.29) is 0 Å². The van der Waals surface area contributed by atoms with Crippen molar-refractivity contribution in [3.63, 3.8) is 0 Å². The van der Waals surface area contributed by atoms with E-state index in [1.54, 1.807) is 36.4 Å². The molecule has 0 spiro atoms. The third-order valence-electron chi connectivity index (χ3n) is 0.820. The molecule has 0 aliphatic carbocycles. The van der Waals surface area contributed by atoms with Crippen LogP contribution in [0.25, 0.3) is 6.08 Å². The molecule has 0 saturated heterocycles. The molecule has 9 heavy (non-hydrogen) atoms. The first-order valence-electron chi connectivity index (χ1n) is 2.51. The molecule has 0 aliphatic heterocycles. The highest BCUT2D eigenvalue weighted by atomic mass is 32.1. The van der Waals surface area contributed by atoms with Crippen molar-refractivity contribution in [2.45, 2.75) is 0 Å². The number of methoxy groups -OCH3 is 1. The Balaban J connectivity index is 2.57. The molecule has 0 amide bonds. The lowest BCUT2D eigenvalue weighted by atomic mass is 10.5. The summed E-state index contributed by atoms with van der Waals surface area (Å²) in [5, 5.41) is 0. The van der Waals surface area contributed by atoms with E-state index in [2.05, 4.69) is 4.98 Å². The molecule has 48 valence electrons. The molecular weight excluding hydrogens is 134 g/mol. The van der Waals surface area contributed by atoms with Crippen LogP contribution >= 0.6 is 11.3 Å². The van der Waals surface area contributed by atoms with Crippen LogP contribution < -0.4 is 0 Å². The molecule has 0 aromatic carbocycles. The van der Waals surface area contributed by atoms with Gasteiger partial charge in [0.15, 0.2) is 0 Å². The molecule has 0 atom stereocenters. The maximum atomic E-state index is 4.71. The minimum Gasteiger partial charge on any atom is -0.504 e. The van der Waals surface area contributed by atoms with Crippen molar-refractivity contribution in [3.8, 4) is 0 Å². The fraction of sp³-hybridized carbons (Fsp3) is 0.167. The third kappa shape index (κ3) is 1.85. The highest BCUT2D eigenvalue weighted by Gasteiger charge is 1.83. The van der Waals surface area contributed by atoms with Crippen LogP contribution in [0.4, 0.5) is 0 Å². The van der Waals surface area contributed by atoms with Gasteiger partial charge in [-0.3, -0.25) is 4.98 Å². The Morgan fingerprint density at radius 1 is 1.78 bits per heavy atom. The predicted molar refractivity (Wildman–Crippen MR) is 38.2 cm³/mol. The maximum Gasteiger partial charge on any atom is 0.0839 e. The van der Waals surface area contributed by atoms with Crippen LogP contribution in [0, 0.1) is 0 Å². The molecule has 1 rings (SSSR count). The average molecular weight is 141 g/mol. The summed E-state index contributed by atoms with van der Waals surface area (Å²) in [4.78, 5) is 4.99. The molecule has 3 heteroatoms. The van der Waals surface area contributed by atoms with Crippen molar-refractivity contribution in [1.29, 1.82) is 0 Å². The van der Waals surface area contributed by atoms with Gasteiger partial charge in [-0.1, -0.05) is 0 Å². The monoisotopic (exact) mass is 141 g/mol. The first kappa shape index (κ1) is 6.29. The molecule has 1 aromatic rings. The van der Waals surface area contributed by atoms with Crippen LogP contribution in [0.2, 0.25) is 0 Å². The Labute approximate surface area is 57.8 Å². The topological polar surface area (TPSA) is 22.1 Å². The zero-order valence-electron chi connectivity index (χ0n) is 5.07. The van der Waals surface area contributed by atoms with E-state index in [1.165, 1.54) is 0 Å². The highest BCUT2D eigenvalue weighted by molar-refractivity contribution is 7.10. The Morgan fingerprint density at radius 3 is 3.22 bits per heavy atom. The van der Waals surface area contributed by atoms with E-state index >= 15 is 0 Å². The second kappa shape index (κ2) is 3.25. The molecular formula is C6H7NOS. The van der Waals surface area contributed by atoms with Gasteiger partial charge < -0.3 is 4.74 Å². The summed E-state index contributed by atoms with van der Waals surface area (Å²) < 4.78 is 4.71. The minimum absolute atomic E-state index is 1.11. The summed E-state index contributed by atoms with van der Waals surface area (Å²) in [7, 11) is 1.62. The van der Waals surface area contributed by atoms with Crippen molar-refractivity contribution >= 4 is 17.4 Å². The molecule has 0 bridgehead atoms. The van der Waals surface area contributed by atoms with Crippen molar-refractivity contribution in [2.75, 3.05) is 7.11 Å². The van der Waals surface area contributed by atoms with Gasteiger partial charge in [0.1, 0.15) is 0 Å². The van der Waals surface area contributed by atoms with Crippen molar-refractivity contribution in [1.82, 2.24) is 4.98 Å². The molecule has 0 aliphatic rings. The quantitative estimate of drug-likeness (QED) is 0.585. The first-order valence-corrected chi connectivity index (χ1v) is 3.39. The van der Waals surface area contributed by atoms with E-state index in [1.807, 2.05) is 6.08 Å². The van der Waals surface area contributed by atoms with Gasteiger partial charge >= 0.3 is 0 Å². The summed E-state index contributed by atoms with van der Waals surface area (Å²) in [6.45, 7) is 0. The van der Waals surface area contributed by atoms with Gasteiger partial charge in [0, 0.05) is 11.1 Å². The summed E-state index contributed by atoms with van der Waals surface area (Å²) in [6, 6.07) is 0. The molecule has 0 saturated carbocycles. The largest absolute Gasteiger partial charge is 0.504 e. The van der Waals surface area contributed by atoms with Crippen molar-refractivity contribution in [2.24, 2.45) is 0 Å². The zero-order chi connectivity index (χ0) is 6.53. The third-order valence-corrected chi connectivity index (χ3v) is 1.56. The van der Waals surface area contributed by atoms with Crippen LogP contribution in [-0.2, 0) is 4.74 Å². The number of rotatable bonds is 2. The summed E-state index contributed by atoms with van der Waals surface area (Å²) >= 11 is 1.58. The fourth-order valence-corrected chi connectivity index (χ4v) is 0.942. The van der Waals surface area contributed by atoms with E-state index in [0.29, 0.717) is 0 Å². The average Bonchev–Trinajstić information content (AvgIpc) is 2.34. The lowest BCUT2D eigenvalue weighted by Crippen LogP contribution is -1.62. The van der Waals surface area contributed by atoms with Crippen LogP contribution in [0.3, 0.4) is 0 Å². The number of ether oxygens (including phenoxy) is 1. The van der Waals surface area contributed by atoms with Crippen molar-refractivity contribution in [3.05, 3.63) is 22.8 Å². The SMILES string of the molecule is COC=Cc1cncs1. The van der Waals surface area contributed by atoms with Crippen LogP contribution in [0.5, 0.6) is 0 Å². The molecule has 0 N–H and O–H groups in total. The van der Waals surface area contributed by atoms with Gasteiger partial charge in [0.2, 0.25) is 0 Å². The van der Waals surface area contributed by atoms with Gasteiger partial charge in [0.25, 0.3) is 0 Å². The van der Waals surface area contributed by atoms with Gasteiger partial charge in [-0.2, -0.15) is 0 Å². The second-order valence-electron chi connectivity index (χ2n) is 1.44. The van der Waals surface area contributed by atoms with Crippen LogP contribution in [0.15, 0.2) is 18.0 Å². The second-order valence-corrected chi connectivity index (χ2v) is 2.36. The molecule has 0 fully saturated rings. The summed E-state index contributed by atoms with van der Waals surface area (Å²) in [6.07, 6.45) is 5.30. The lowest BCUT2D eigenvalue weighted by molar-refractivity contribution is 0.341. The minimum atomic E-state index is 1.11. The van der Waals surface area contributed by atoms with E-state index in [4.69, 9.17) is 4.74 Å². The fourth-order valence-electron chi connectivity index (χ4n) is 0.443. The summed E-state index contributed by atoms with van der Waals surface area (Å²) in [5.74, 6) is 0. The lowest BCUT2D eigenvalue weighted by Gasteiger charge is -1.82. The number of nitrogens with zero attached hydrogens (tertiary/aromatic N) is 1. The van der Waals surface area contributed by atoms with E-state index < -0.39 is 0 Å². The standard InChI is InChI=1S/C6H7NOS/c1-8-3-2-6-4-7-5-9-6/h2-5H,1H3. The normalized spacial score (nSPS) is 10.3. The highest BCUT2D eigenvalue weighted by Crippen LogP contribution is 2.06. The Hall–Kier alpha value is -0.830. The van der Waals surface area contributed by atoms with E-state index in [9.17, 15) is 0 Å². The number of aromatic nitrogens is 1. The Kier molecular flexibility index (Phi) is 2.27. The van der Waals surface area contributed by atoms with E-state index in [0.717, 1.165) is 4.88 Å². The van der Waals surface area contributed by atoms with Gasteiger partial charge in [-0.05, 0) is 6.08 Å². The van der Waals surface area contributed by atoms with Gasteiger partial charge in [-0.15, -0.1) is 11.3 Å². The van der Waals surface area contributed by atoms with Crippen molar-refractivity contribution < 1.29 is 4.74 Å². The molecule has 0 radical (unpaired) electrons. The summed E-state index contributed by atoms with van der Waals surface area (Å²) in [5.41, 5.74) is 1.79. The molecule has 1 aromatic heterocycles. The number of hydrogen-bond acceptors (Lipinski definition) is 3. The smallest absolute Gasteiger partial charge is 0.0839 e. The maximum absolute atomic E-state index is 4.71. The van der Waals surface area contributed by atoms with Gasteiger partial charge in [-0.25, -0.2) is 0 Å². The predicted octanol–water partition coefficient (Wildman–Crippen LogP) is 1.76. The molecule has 2 nitrogen and oxygen atoms in total. The first-order chi connectivity index (χ1) is 4.43. The Bertz CT molecular complexity index is 181. The zero-order valence-corrected chi connectivity index (χ0v) is 5.89.